The van der Waals surface area contributed by atoms with Crippen LogP contribution in [0.5, 0.6) is 0 Å². The van der Waals surface area contributed by atoms with Crippen molar-refractivity contribution in [2.24, 2.45) is 0 Å². The summed E-state index contributed by atoms with van der Waals surface area (Å²) < 4.78 is 0. The Morgan fingerprint density at radius 3 is 3.31 bits per heavy atom. The fraction of sp³-hybridized carbons (Fsp3) is 0.500. The van der Waals surface area contributed by atoms with E-state index in [9.17, 15) is 4.79 Å². The van der Waals surface area contributed by atoms with Crippen LogP contribution < -0.4 is 0 Å². The molecule has 0 bridgehead atoms. The zero-order chi connectivity index (χ0) is 11.4. The second kappa shape index (κ2) is 5.32. The van der Waals surface area contributed by atoms with Gasteiger partial charge in [0.15, 0.2) is 0 Å². The van der Waals surface area contributed by atoms with Crippen molar-refractivity contribution in [3.63, 3.8) is 0 Å². The second-order valence-electron chi connectivity index (χ2n) is 4.14. The van der Waals surface area contributed by atoms with E-state index < -0.39 is 0 Å². The smallest absolute Gasteiger partial charge is 0.141 e. The molecule has 0 amide bonds. The first-order chi connectivity index (χ1) is 7.83. The average Bonchev–Trinajstić information content (AvgIpc) is 2.76. The van der Waals surface area contributed by atoms with Crippen LogP contribution in [0.15, 0.2) is 11.4 Å². The molecule has 1 unspecified atom stereocenters. The van der Waals surface area contributed by atoms with Crippen molar-refractivity contribution in [2.45, 2.75) is 44.9 Å². The molecule has 1 atom stereocenters. The quantitative estimate of drug-likeness (QED) is 0.728. The lowest BCUT2D eigenvalue weighted by Crippen LogP contribution is -2.16. The zero-order valence-electron chi connectivity index (χ0n) is 9.58. The lowest BCUT2D eigenvalue weighted by molar-refractivity contribution is -0.120. The molecule has 1 nitrogen and oxygen atoms in total. The Kier molecular flexibility index (Phi) is 3.79. The highest BCUT2D eigenvalue weighted by Crippen LogP contribution is 2.36. The third kappa shape index (κ3) is 2.36. The Hall–Kier alpha value is -1.07. The Morgan fingerprint density at radius 1 is 1.62 bits per heavy atom. The third-order valence-electron chi connectivity index (χ3n) is 3.11. The zero-order valence-corrected chi connectivity index (χ0v) is 10.4. The second-order valence-corrected chi connectivity index (χ2v) is 5.14. The number of aryl methyl sites for hydroxylation is 1. The Morgan fingerprint density at radius 2 is 2.50 bits per heavy atom. The van der Waals surface area contributed by atoms with Crippen molar-refractivity contribution in [1.29, 1.82) is 0 Å². The molecule has 2 rings (SSSR count). The van der Waals surface area contributed by atoms with Crippen LogP contribution in [0.25, 0.3) is 0 Å². The number of hydrogen-bond acceptors (Lipinski definition) is 2. The summed E-state index contributed by atoms with van der Waals surface area (Å²) in [6.07, 6.45) is 4.67. The number of carbonyl (C=O) groups is 1. The average molecular weight is 232 g/mol. The minimum Gasteiger partial charge on any atom is -0.299 e. The van der Waals surface area contributed by atoms with Gasteiger partial charge in [0.25, 0.3) is 0 Å². The van der Waals surface area contributed by atoms with Crippen molar-refractivity contribution in [3.8, 4) is 11.8 Å². The fourth-order valence-corrected chi connectivity index (χ4v) is 3.29. The monoisotopic (exact) mass is 232 g/mol. The van der Waals surface area contributed by atoms with Crippen molar-refractivity contribution in [1.82, 2.24) is 0 Å². The topological polar surface area (TPSA) is 17.1 Å². The summed E-state index contributed by atoms with van der Waals surface area (Å²) in [5.74, 6) is 6.35. The lowest BCUT2D eigenvalue weighted by atomic mass is 9.83. The summed E-state index contributed by atoms with van der Waals surface area (Å²) in [6, 6.07) is 2.13. The number of rotatable bonds is 3. The van der Waals surface area contributed by atoms with Crippen LogP contribution in [-0.2, 0) is 11.2 Å². The number of ketones is 1. The van der Waals surface area contributed by atoms with Gasteiger partial charge in [0.05, 0.1) is 0 Å². The predicted octanol–water partition coefficient (Wildman–Crippen LogP) is 3.54. The van der Waals surface area contributed by atoms with Gasteiger partial charge >= 0.3 is 0 Å². The molecule has 1 aromatic heterocycles. The molecule has 0 radical (unpaired) electrons. The van der Waals surface area contributed by atoms with Gasteiger partial charge in [0, 0.05) is 23.6 Å². The van der Waals surface area contributed by atoms with Crippen LogP contribution in [0.2, 0.25) is 0 Å². The van der Waals surface area contributed by atoms with E-state index in [1.807, 2.05) is 6.92 Å². The van der Waals surface area contributed by atoms with Crippen molar-refractivity contribution in [2.75, 3.05) is 0 Å². The molecule has 16 heavy (non-hydrogen) atoms. The number of Topliss-reactive ketones (excluding diaryl/α,β-unsaturated/α-hetero) is 1. The normalized spacial score (nSPS) is 18.4. The highest BCUT2D eigenvalue weighted by Gasteiger charge is 2.26. The van der Waals surface area contributed by atoms with Gasteiger partial charge in [-0.15, -0.1) is 23.2 Å². The van der Waals surface area contributed by atoms with Crippen LogP contribution in [0.1, 0.15) is 49.0 Å². The maximum absolute atomic E-state index is 12.1. The number of fused-ring (bicyclic) bond motifs is 1. The summed E-state index contributed by atoms with van der Waals surface area (Å²) in [5.41, 5.74) is 1.30. The van der Waals surface area contributed by atoms with E-state index in [-0.39, 0.29) is 5.92 Å². The van der Waals surface area contributed by atoms with Gasteiger partial charge in [-0.3, -0.25) is 4.79 Å². The van der Waals surface area contributed by atoms with Gasteiger partial charge in [0.1, 0.15) is 5.78 Å². The Balaban J connectivity index is 2.05. The summed E-state index contributed by atoms with van der Waals surface area (Å²) >= 11 is 1.79. The molecular weight excluding hydrogens is 216 g/mol. The van der Waals surface area contributed by atoms with Gasteiger partial charge in [0.2, 0.25) is 0 Å². The van der Waals surface area contributed by atoms with Gasteiger partial charge in [-0.1, -0.05) is 0 Å². The molecule has 0 aliphatic heterocycles. The molecule has 0 spiro atoms. The van der Waals surface area contributed by atoms with E-state index in [1.54, 1.807) is 11.3 Å². The molecule has 1 aromatic rings. The van der Waals surface area contributed by atoms with Gasteiger partial charge in [-0.05, 0) is 43.2 Å². The fourth-order valence-electron chi connectivity index (χ4n) is 2.31. The first-order valence-electron chi connectivity index (χ1n) is 5.81. The highest BCUT2D eigenvalue weighted by atomic mass is 32.1. The van der Waals surface area contributed by atoms with E-state index in [0.29, 0.717) is 18.6 Å². The number of carbonyl (C=O) groups excluding carboxylic acids is 1. The Bertz CT molecular complexity index is 433. The summed E-state index contributed by atoms with van der Waals surface area (Å²) in [6.45, 7) is 1.82. The lowest BCUT2D eigenvalue weighted by Gasteiger charge is -2.20. The molecule has 1 heterocycles. The largest absolute Gasteiger partial charge is 0.299 e. The van der Waals surface area contributed by atoms with E-state index in [2.05, 4.69) is 23.3 Å². The van der Waals surface area contributed by atoms with Crippen LogP contribution in [0, 0.1) is 11.8 Å². The molecule has 2 heteroatoms. The van der Waals surface area contributed by atoms with E-state index in [4.69, 9.17) is 0 Å². The first kappa shape index (κ1) is 11.4. The van der Waals surface area contributed by atoms with Crippen LogP contribution >= 0.6 is 11.3 Å². The third-order valence-corrected chi connectivity index (χ3v) is 4.11. The van der Waals surface area contributed by atoms with Crippen LogP contribution in [0.3, 0.4) is 0 Å². The van der Waals surface area contributed by atoms with Gasteiger partial charge < -0.3 is 0 Å². The van der Waals surface area contributed by atoms with Crippen molar-refractivity contribution in [3.05, 3.63) is 21.9 Å². The minimum atomic E-state index is 0.161. The molecule has 0 saturated heterocycles. The van der Waals surface area contributed by atoms with Crippen molar-refractivity contribution >= 4 is 17.1 Å². The molecule has 1 aliphatic carbocycles. The first-order valence-corrected chi connectivity index (χ1v) is 6.69. The molecule has 0 aromatic carbocycles. The molecule has 0 fully saturated rings. The van der Waals surface area contributed by atoms with E-state index >= 15 is 0 Å². The van der Waals surface area contributed by atoms with Gasteiger partial charge in [-0.25, -0.2) is 0 Å². The minimum absolute atomic E-state index is 0.161. The Labute approximate surface area is 101 Å². The van der Waals surface area contributed by atoms with E-state index in [1.165, 1.54) is 10.4 Å². The maximum atomic E-state index is 12.1. The summed E-state index contributed by atoms with van der Waals surface area (Å²) in [5, 5.41) is 2.11. The standard InChI is InChI=1S/C14H16OS/c1-2-3-4-7-13(15)11-6-5-8-14-12(11)9-10-16-14/h9-11H,4-8H2,1H3. The SMILES string of the molecule is CC#CCCC(=O)C1CCCc2sccc21. The maximum Gasteiger partial charge on any atom is 0.141 e. The van der Waals surface area contributed by atoms with E-state index in [0.717, 1.165) is 19.3 Å². The highest BCUT2D eigenvalue weighted by molar-refractivity contribution is 7.10. The summed E-state index contributed by atoms with van der Waals surface area (Å²) in [4.78, 5) is 13.5. The molecule has 1 aliphatic rings. The number of hydrogen-bond donors (Lipinski definition) is 0. The molecule has 84 valence electrons. The predicted molar refractivity (Wildman–Crippen MR) is 67.7 cm³/mol. The van der Waals surface area contributed by atoms with Gasteiger partial charge in [-0.2, -0.15) is 0 Å². The van der Waals surface area contributed by atoms with Crippen molar-refractivity contribution < 1.29 is 4.79 Å². The number of thiophene rings is 1. The van der Waals surface area contributed by atoms with Crippen LogP contribution in [-0.4, -0.2) is 5.78 Å². The summed E-state index contributed by atoms with van der Waals surface area (Å²) in [7, 11) is 0. The molecular formula is C14H16OS. The molecule has 0 N–H and O–H groups in total. The molecule has 0 saturated carbocycles. The van der Waals surface area contributed by atoms with Crippen LogP contribution in [0.4, 0.5) is 0 Å².